The summed E-state index contributed by atoms with van der Waals surface area (Å²) in [5.74, 6) is 0. The molecular formula is C14H12N4O2S. The third-order valence-electron chi connectivity index (χ3n) is 3.08. The molecule has 0 spiro atoms. The SMILES string of the molecule is O=[N+]([O-])c1ccc(NCCc2nccs2)c2ncccc12. The zero-order valence-corrected chi connectivity index (χ0v) is 11.8. The van der Waals surface area contributed by atoms with Crippen molar-refractivity contribution in [1.82, 2.24) is 9.97 Å². The van der Waals surface area contributed by atoms with Gasteiger partial charge in [0.2, 0.25) is 0 Å². The zero-order valence-electron chi connectivity index (χ0n) is 11.0. The van der Waals surface area contributed by atoms with Crippen LogP contribution in [0.3, 0.4) is 0 Å². The number of nitrogens with zero attached hydrogens (tertiary/aromatic N) is 3. The van der Waals surface area contributed by atoms with Crippen LogP contribution in [0.15, 0.2) is 42.0 Å². The van der Waals surface area contributed by atoms with Crippen LogP contribution in [0.1, 0.15) is 5.01 Å². The number of hydrogen-bond donors (Lipinski definition) is 1. The highest BCUT2D eigenvalue weighted by Gasteiger charge is 2.14. The van der Waals surface area contributed by atoms with E-state index in [1.807, 2.05) is 5.38 Å². The van der Waals surface area contributed by atoms with E-state index in [2.05, 4.69) is 15.3 Å². The van der Waals surface area contributed by atoms with Crippen molar-refractivity contribution in [3.05, 3.63) is 57.2 Å². The molecule has 0 bridgehead atoms. The topological polar surface area (TPSA) is 81.0 Å². The van der Waals surface area contributed by atoms with Gasteiger partial charge in [-0.25, -0.2) is 4.98 Å². The molecule has 0 saturated carbocycles. The highest BCUT2D eigenvalue weighted by molar-refractivity contribution is 7.09. The highest BCUT2D eigenvalue weighted by atomic mass is 32.1. The van der Waals surface area contributed by atoms with E-state index in [0.717, 1.165) is 17.1 Å². The Morgan fingerprint density at radius 2 is 2.14 bits per heavy atom. The van der Waals surface area contributed by atoms with Crippen molar-refractivity contribution in [2.75, 3.05) is 11.9 Å². The predicted molar refractivity (Wildman–Crippen MR) is 82.7 cm³/mol. The van der Waals surface area contributed by atoms with E-state index in [1.54, 1.807) is 41.9 Å². The van der Waals surface area contributed by atoms with Gasteiger partial charge in [-0.15, -0.1) is 11.3 Å². The number of rotatable bonds is 5. The summed E-state index contributed by atoms with van der Waals surface area (Å²) in [4.78, 5) is 19.1. The molecule has 3 rings (SSSR count). The maximum atomic E-state index is 11.0. The molecule has 0 aliphatic heterocycles. The average Bonchev–Trinajstić information content (AvgIpc) is 3.00. The van der Waals surface area contributed by atoms with Crippen LogP contribution in [-0.2, 0) is 6.42 Å². The number of pyridine rings is 1. The highest BCUT2D eigenvalue weighted by Crippen LogP contribution is 2.29. The van der Waals surface area contributed by atoms with E-state index in [0.29, 0.717) is 17.4 Å². The number of anilines is 1. The summed E-state index contributed by atoms with van der Waals surface area (Å²) in [7, 11) is 0. The first kappa shape index (κ1) is 13.4. The minimum Gasteiger partial charge on any atom is -0.383 e. The monoisotopic (exact) mass is 300 g/mol. The van der Waals surface area contributed by atoms with Crippen LogP contribution in [-0.4, -0.2) is 21.4 Å². The molecule has 0 unspecified atom stereocenters. The van der Waals surface area contributed by atoms with Crippen LogP contribution < -0.4 is 5.32 Å². The number of nitro groups is 1. The van der Waals surface area contributed by atoms with E-state index in [9.17, 15) is 10.1 Å². The molecule has 0 atom stereocenters. The number of thiazole rings is 1. The first-order valence-electron chi connectivity index (χ1n) is 6.40. The summed E-state index contributed by atoms with van der Waals surface area (Å²) in [6.07, 6.45) is 4.23. The smallest absolute Gasteiger partial charge is 0.278 e. The quantitative estimate of drug-likeness (QED) is 0.578. The summed E-state index contributed by atoms with van der Waals surface area (Å²) in [6.45, 7) is 0.705. The van der Waals surface area contributed by atoms with Crippen molar-refractivity contribution in [2.24, 2.45) is 0 Å². The van der Waals surface area contributed by atoms with Gasteiger partial charge in [0.25, 0.3) is 5.69 Å². The Morgan fingerprint density at radius 1 is 1.24 bits per heavy atom. The Balaban J connectivity index is 1.85. The van der Waals surface area contributed by atoms with Crippen LogP contribution in [0.2, 0.25) is 0 Å². The van der Waals surface area contributed by atoms with Crippen LogP contribution in [0.25, 0.3) is 10.9 Å². The van der Waals surface area contributed by atoms with Crippen LogP contribution in [0.4, 0.5) is 11.4 Å². The molecule has 0 fully saturated rings. The van der Waals surface area contributed by atoms with Gasteiger partial charge >= 0.3 is 0 Å². The molecule has 0 radical (unpaired) electrons. The minimum absolute atomic E-state index is 0.0728. The first-order chi connectivity index (χ1) is 10.3. The van der Waals surface area contributed by atoms with Gasteiger partial charge in [0.15, 0.2) is 0 Å². The normalized spacial score (nSPS) is 10.7. The Morgan fingerprint density at radius 3 is 2.90 bits per heavy atom. The third kappa shape index (κ3) is 2.82. The van der Waals surface area contributed by atoms with Crippen molar-refractivity contribution in [1.29, 1.82) is 0 Å². The standard InChI is InChI=1S/C14H12N4O2S/c19-18(20)12-4-3-11(14-10(12)2-1-6-17-14)15-7-5-13-16-8-9-21-13/h1-4,6,8-9,15H,5,7H2. The molecule has 21 heavy (non-hydrogen) atoms. The summed E-state index contributed by atoms with van der Waals surface area (Å²) < 4.78 is 0. The van der Waals surface area contributed by atoms with Crippen molar-refractivity contribution in [3.63, 3.8) is 0 Å². The summed E-state index contributed by atoms with van der Waals surface area (Å²) in [5, 5.41) is 17.9. The fourth-order valence-corrected chi connectivity index (χ4v) is 2.76. The maximum absolute atomic E-state index is 11.0. The molecule has 7 heteroatoms. The van der Waals surface area contributed by atoms with E-state index >= 15 is 0 Å². The fourth-order valence-electron chi connectivity index (χ4n) is 2.14. The second-order valence-corrected chi connectivity index (χ2v) is 5.37. The summed E-state index contributed by atoms with van der Waals surface area (Å²) >= 11 is 1.61. The van der Waals surface area contributed by atoms with Gasteiger partial charge < -0.3 is 5.32 Å². The van der Waals surface area contributed by atoms with Gasteiger partial charge in [0.1, 0.15) is 5.52 Å². The molecule has 2 aromatic heterocycles. The van der Waals surface area contributed by atoms with Crippen molar-refractivity contribution < 1.29 is 4.92 Å². The number of nitro benzene ring substituents is 1. The molecule has 3 aromatic rings. The second kappa shape index (κ2) is 5.84. The first-order valence-corrected chi connectivity index (χ1v) is 7.28. The summed E-state index contributed by atoms with van der Waals surface area (Å²) in [6, 6.07) is 6.63. The molecule has 0 aliphatic rings. The van der Waals surface area contributed by atoms with E-state index in [4.69, 9.17) is 0 Å². The molecule has 2 heterocycles. The van der Waals surface area contributed by atoms with Crippen molar-refractivity contribution in [2.45, 2.75) is 6.42 Å². The number of benzene rings is 1. The van der Waals surface area contributed by atoms with Crippen molar-refractivity contribution in [3.8, 4) is 0 Å². The lowest BCUT2D eigenvalue weighted by Gasteiger charge is -2.08. The molecule has 0 saturated heterocycles. The van der Waals surface area contributed by atoms with Gasteiger partial charge in [-0.3, -0.25) is 15.1 Å². The zero-order chi connectivity index (χ0) is 14.7. The van der Waals surface area contributed by atoms with E-state index < -0.39 is 0 Å². The van der Waals surface area contributed by atoms with Gasteiger partial charge in [-0.1, -0.05) is 0 Å². The van der Waals surface area contributed by atoms with Crippen LogP contribution >= 0.6 is 11.3 Å². The number of aromatic nitrogens is 2. The predicted octanol–water partition coefficient (Wildman–Crippen LogP) is 3.25. The van der Waals surface area contributed by atoms with Gasteiger partial charge in [0.05, 0.1) is 21.0 Å². The van der Waals surface area contributed by atoms with Gasteiger partial charge in [-0.2, -0.15) is 0 Å². The summed E-state index contributed by atoms with van der Waals surface area (Å²) in [5.41, 5.74) is 1.49. The number of non-ortho nitro benzene ring substituents is 1. The Labute approximate surface area is 124 Å². The molecule has 1 aromatic carbocycles. The lowest BCUT2D eigenvalue weighted by molar-refractivity contribution is -0.383. The molecule has 1 N–H and O–H groups in total. The second-order valence-electron chi connectivity index (χ2n) is 4.39. The Hall–Kier alpha value is -2.54. The minimum atomic E-state index is -0.386. The van der Waals surface area contributed by atoms with Crippen molar-refractivity contribution >= 4 is 33.6 Å². The Bertz CT molecular complexity index is 774. The largest absolute Gasteiger partial charge is 0.383 e. The van der Waals surface area contributed by atoms with Gasteiger partial charge in [-0.05, 0) is 18.2 Å². The fraction of sp³-hybridized carbons (Fsp3) is 0.143. The molecule has 0 aliphatic carbocycles. The van der Waals surface area contributed by atoms with Crippen LogP contribution in [0, 0.1) is 10.1 Å². The van der Waals surface area contributed by atoms with E-state index in [-0.39, 0.29) is 10.6 Å². The van der Waals surface area contributed by atoms with Gasteiger partial charge in [0, 0.05) is 36.8 Å². The number of fused-ring (bicyclic) bond motifs is 1. The average molecular weight is 300 g/mol. The molecule has 6 nitrogen and oxygen atoms in total. The molecular weight excluding hydrogens is 288 g/mol. The van der Waals surface area contributed by atoms with E-state index in [1.165, 1.54) is 6.07 Å². The maximum Gasteiger partial charge on any atom is 0.278 e. The lowest BCUT2D eigenvalue weighted by Crippen LogP contribution is -2.06. The molecule has 106 valence electrons. The van der Waals surface area contributed by atoms with Crippen LogP contribution in [0.5, 0.6) is 0 Å². The number of nitrogens with one attached hydrogen (secondary N) is 1. The number of hydrogen-bond acceptors (Lipinski definition) is 6. The lowest BCUT2D eigenvalue weighted by atomic mass is 10.1. The Kier molecular flexibility index (Phi) is 3.74. The molecule has 0 amide bonds. The third-order valence-corrected chi connectivity index (χ3v) is 3.92.